The van der Waals surface area contributed by atoms with Crippen LogP contribution in [-0.2, 0) is 18.0 Å². The average Bonchev–Trinajstić information content (AvgIpc) is 3.40. The number of aryl methyl sites for hydroxylation is 1. The number of aromatic nitrogens is 4. The van der Waals surface area contributed by atoms with E-state index in [0.29, 0.717) is 11.5 Å². The highest BCUT2D eigenvalue weighted by Gasteiger charge is 2.33. The maximum Gasteiger partial charge on any atom is 0.433 e. The molecule has 0 aromatic carbocycles. The summed E-state index contributed by atoms with van der Waals surface area (Å²) in [5, 5.41) is 3.50. The minimum Gasteiger partial charge on any atom is -0.342 e. The Balaban J connectivity index is 1.72. The largest absolute Gasteiger partial charge is 0.433 e. The molecule has 0 saturated heterocycles. The Morgan fingerprint density at radius 2 is 1.96 bits per heavy atom. The molecule has 0 atom stereocenters. The summed E-state index contributed by atoms with van der Waals surface area (Å²) in [6.45, 7) is 0. The maximum atomic E-state index is 12.9. The van der Waals surface area contributed by atoms with Crippen molar-refractivity contribution in [2.75, 3.05) is 5.32 Å². The first kappa shape index (κ1) is 16.5. The number of amides is 1. The van der Waals surface area contributed by atoms with Crippen LogP contribution in [0.3, 0.4) is 0 Å². The van der Waals surface area contributed by atoms with Crippen LogP contribution >= 0.6 is 0 Å². The van der Waals surface area contributed by atoms with E-state index in [0.717, 1.165) is 36.1 Å². The molecule has 3 aromatic rings. The molecule has 134 valence electrons. The van der Waals surface area contributed by atoms with Crippen LogP contribution in [0.4, 0.5) is 19.0 Å². The minimum atomic E-state index is -4.54. The van der Waals surface area contributed by atoms with E-state index in [1.54, 1.807) is 29.9 Å². The van der Waals surface area contributed by atoms with Crippen LogP contribution in [0.25, 0.3) is 22.3 Å². The number of pyridine rings is 1. The van der Waals surface area contributed by atoms with Crippen LogP contribution in [0.2, 0.25) is 0 Å². The minimum absolute atomic E-state index is 0.0540. The van der Waals surface area contributed by atoms with Crippen molar-refractivity contribution in [3.05, 3.63) is 36.4 Å². The van der Waals surface area contributed by atoms with Gasteiger partial charge in [0, 0.05) is 30.6 Å². The monoisotopic (exact) mass is 361 g/mol. The summed E-state index contributed by atoms with van der Waals surface area (Å²) in [5.74, 6) is 0.413. The highest BCUT2D eigenvalue weighted by molar-refractivity contribution is 5.95. The molecule has 1 N–H and O–H groups in total. The molecular weight excluding hydrogens is 347 g/mol. The molecule has 0 aliphatic heterocycles. The van der Waals surface area contributed by atoms with Gasteiger partial charge in [-0.2, -0.15) is 13.2 Å². The van der Waals surface area contributed by atoms with Gasteiger partial charge in [-0.3, -0.25) is 4.79 Å². The van der Waals surface area contributed by atoms with Gasteiger partial charge in [0.1, 0.15) is 17.8 Å². The number of carbonyl (C=O) groups is 1. The fourth-order valence-corrected chi connectivity index (χ4v) is 2.77. The van der Waals surface area contributed by atoms with E-state index in [9.17, 15) is 18.0 Å². The van der Waals surface area contributed by atoms with Gasteiger partial charge in [0.25, 0.3) is 0 Å². The van der Waals surface area contributed by atoms with Crippen molar-refractivity contribution in [3.63, 3.8) is 0 Å². The Hall–Kier alpha value is -2.97. The quantitative estimate of drug-likeness (QED) is 0.776. The van der Waals surface area contributed by atoms with Crippen molar-refractivity contribution in [2.45, 2.75) is 19.0 Å². The molecule has 4 rings (SSSR count). The van der Waals surface area contributed by atoms with E-state index in [-0.39, 0.29) is 17.5 Å². The Labute approximate surface area is 146 Å². The molecular formula is C17H14F3N5O. The van der Waals surface area contributed by atoms with E-state index in [4.69, 9.17) is 0 Å². The summed E-state index contributed by atoms with van der Waals surface area (Å²) < 4.78 is 40.4. The highest BCUT2D eigenvalue weighted by Crippen LogP contribution is 2.33. The van der Waals surface area contributed by atoms with Crippen LogP contribution < -0.4 is 5.32 Å². The van der Waals surface area contributed by atoms with Gasteiger partial charge in [-0.25, -0.2) is 15.0 Å². The number of hydrogen-bond acceptors (Lipinski definition) is 4. The summed E-state index contributed by atoms with van der Waals surface area (Å²) in [7, 11) is 1.72. The molecule has 6 nitrogen and oxygen atoms in total. The second kappa shape index (κ2) is 5.79. The second-order valence-electron chi connectivity index (χ2n) is 6.27. The van der Waals surface area contributed by atoms with Crippen molar-refractivity contribution in [1.82, 2.24) is 19.5 Å². The molecule has 3 aromatic heterocycles. The number of alkyl halides is 3. The maximum absolute atomic E-state index is 12.9. The molecule has 0 unspecified atom stereocenters. The van der Waals surface area contributed by atoms with Gasteiger partial charge in [0.15, 0.2) is 0 Å². The van der Waals surface area contributed by atoms with Gasteiger partial charge in [0.05, 0.1) is 16.9 Å². The normalized spacial score (nSPS) is 14.6. The zero-order chi connectivity index (χ0) is 18.5. The van der Waals surface area contributed by atoms with Gasteiger partial charge in [-0.15, -0.1) is 0 Å². The van der Waals surface area contributed by atoms with Gasteiger partial charge < -0.3 is 9.88 Å². The lowest BCUT2D eigenvalue weighted by molar-refractivity contribution is -0.141. The Morgan fingerprint density at radius 1 is 1.19 bits per heavy atom. The van der Waals surface area contributed by atoms with Crippen LogP contribution in [0.15, 0.2) is 30.7 Å². The Morgan fingerprint density at radius 3 is 2.65 bits per heavy atom. The van der Waals surface area contributed by atoms with Crippen LogP contribution in [0, 0.1) is 5.92 Å². The summed E-state index contributed by atoms with van der Waals surface area (Å²) in [4.78, 5) is 23.3. The van der Waals surface area contributed by atoms with E-state index in [1.165, 1.54) is 0 Å². The smallest absolute Gasteiger partial charge is 0.342 e. The van der Waals surface area contributed by atoms with Gasteiger partial charge in [-0.1, -0.05) is 0 Å². The summed E-state index contributed by atoms with van der Waals surface area (Å²) >= 11 is 0. The van der Waals surface area contributed by atoms with Crippen molar-refractivity contribution < 1.29 is 18.0 Å². The third kappa shape index (κ3) is 3.00. The first-order valence-corrected chi connectivity index (χ1v) is 7.99. The van der Waals surface area contributed by atoms with Gasteiger partial charge >= 0.3 is 6.18 Å². The summed E-state index contributed by atoms with van der Waals surface area (Å²) in [6.07, 6.45) is -0.290. The number of nitrogens with zero attached hydrogens (tertiary/aromatic N) is 4. The number of hydrogen-bond donors (Lipinski definition) is 1. The second-order valence-corrected chi connectivity index (χ2v) is 6.27. The van der Waals surface area contributed by atoms with E-state index < -0.39 is 11.9 Å². The summed E-state index contributed by atoms with van der Waals surface area (Å²) in [6, 6.07) is 4.32. The Kier molecular flexibility index (Phi) is 3.67. The van der Waals surface area contributed by atoms with Gasteiger partial charge in [-0.05, 0) is 25.0 Å². The SMILES string of the molecule is Cn1c(-c2cc(C(F)(F)F)ncn2)cc2cnc(NC(=O)C3CC3)cc21. The lowest BCUT2D eigenvalue weighted by atomic mass is 10.2. The highest BCUT2D eigenvalue weighted by atomic mass is 19.4. The Bertz CT molecular complexity index is 1010. The topological polar surface area (TPSA) is 72.7 Å². The van der Waals surface area contributed by atoms with E-state index >= 15 is 0 Å². The van der Waals surface area contributed by atoms with Crippen LogP contribution in [-0.4, -0.2) is 25.4 Å². The fraction of sp³-hybridized carbons (Fsp3) is 0.294. The molecule has 0 bridgehead atoms. The molecule has 1 amide bonds. The number of nitrogens with one attached hydrogen (secondary N) is 1. The predicted octanol–water partition coefficient (Wildman–Crippen LogP) is 3.40. The molecule has 1 aliphatic carbocycles. The summed E-state index contributed by atoms with van der Waals surface area (Å²) in [5.41, 5.74) is 0.395. The molecule has 1 fully saturated rings. The van der Waals surface area contributed by atoms with E-state index in [1.807, 2.05) is 0 Å². The fourth-order valence-electron chi connectivity index (χ4n) is 2.77. The molecule has 3 heterocycles. The molecule has 1 saturated carbocycles. The number of fused-ring (bicyclic) bond motifs is 1. The van der Waals surface area contributed by atoms with Crippen molar-refractivity contribution >= 4 is 22.6 Å². The number of rotatable bonds is 3. The number of carbonyl (C=O) groups excluding carboxylic acids is 1. The van der Waals surface area contributed by atoms with E-state index in [2.05, 4.69) is 20.3 Å². The predicted molar refractivity (Wildman–Crippen MR) is 88.1 cm³/mol. The lowest BCUT2D eigenvalue weighted by Crippen LogP contribution is -2.14. The molecule has 26 heavy (non-hydrogen) atoms. The molecule has 9 heteroatoms. The third-order valence-corrected chi connectivity index (χ3v) is 4.35. The first-order valence-electron chi connectivity index (χ1n) is 7.99. The van der Waals surface area contributed by atoms with Gasteiger partial charge in [0.2, 0.25) is 5.91 Å². The zero-order valence-electron chi connectivity index (χ0n) is 13.7. The van der Waals surface area contributed by atoms with Crippen LogP contribution in [0.1, 0.15) is 18.5 Å². The molecule has 0 spiro atoms. The molecule has 0 radical (unpaired) electrons. The molecule has 1 aliphatic rings. The number of anilines is 1. The third-order valence-electron chi connectivity index (χ3n) is 4.35. The lowest BCUT2D eigenvalue weighted by Gasteiger charge is -2.08. The first-order chi connectivity index (χ1) is 12.3. The average molecular weight is 361 g/mol. The van der Waals surface area contributed by atoms with Crippen LogP contribution in [0.5, 0.6) is 0 Å². The number of halogens is 3. The van der Waals surface area contributed by atoms with Crippen molar-refractivity contribution in [2.24, 2.45) is 13.0 Å². The standard InChI is InChI=1S/C17H14F3N5O/c1-25-12-6-15(24-16(26)9-2-3-9)21-7-10(12)4-13(25)11-5-14(17(18,19)20)23-8-22-11/h4-9H,2-3H2,1H3,(H,21,24,26). The van der Waals surface area contributed by atoms with Crippen molar-refractivity contribution in [1.29, 1.82) is 0 Å². The van der Waals surface area contributed by atoms with Crippen molar-refractivity contribution in [3.8, 4) is 11.4 Å². The zero-order valence-corrected chi connectivity index (χ0v) is 13.7.